The first kappa shape index (κ1) is 24.7. The molecule has 0 aromatic heterocycles. The van der Waals surface area contributed by atoms with Crippen LogP contribution in [0.2, 0.25) is 0 Å². The third-order valence-corrected chi connectivity index (χ3v) is 5.66. The molecule has 8 unspecified atom stereocenters. The predicted octanol–water partition coefficient (Wildman–Crippen LogP) is -1.16. The Morgan fingerprint density at radius 2 is 1.77 bits per heavy atom. The van der Waals surface area contributed by atoms with E-state index in [0.717, 1.165) is 5.57 Å². The molecule has 30 heavy (non-hydrogen) atoms. The molecule has 5 N–H and O–H groups in total. The molecule has 1 saturated heterocycles. The summed E-state index contributed by atoms with van der Waals surface area (Å²) in [5, 5.41) is 49.4. The number of ketones is 1. The average Bonchev–Trinajstić information content (AvgIpc) is 2.73. The van der Waals surface area contributed by atoms with Crippen LogP contribution in [0.25, 0.3) is 0 Å². The van der Waals surface area contributed by atoms with Crippen LogP contribution in [0.5, 0.6) is 0 Å². The molecule has 1 heterocycles. The number of aliphatic hydroxyl groups excluding tert-OH is 5. The molecule has 172 valence electrons. The Labute approximate surface area is 175 Å². The summed E-state index contributed by atoms with van der Waals surface area (Å²) in [6, 6.07) is 0. The van der Waals surface area contributed by atoms with E-state index in [9.17, 15) is 30.3 Å². The first-order chi connectivity index (χ1) is 14.2. The molecule has 0 spiro atoms. The maximum absolute atomic E-state index is 12.5. The lowest BCUT2D eigenvalue weighted by Gasteiger charge is -2.39. The van der Waals surface area contributed by atoms with Crippen molar-refractivity contribution >= 4 is 5.78 Å². The van der Waals surface area contributed by atoms with Gasteiger partial charge in [0.05, 0.1) is 27.4 Å². The van der Waals surface area contributed by atoms with Gasteiger partial charge < -0.3 is 44.5 Å². The van der Waals surface area contributed by atoms with E-state index >= 15 is 0 Å². The van der Waals surface area contributed by atoms with E-state index in [0.29, 0.717) is 6.42 Å². The van der Waals surface area contributed by atoms with Gasteiger partial charge in [-0.2, -0.15) is 0 Å². The molecule has 1 fully saturated rings. The highest BCUT2D eigenvalue weighted by Gasteiger charge is 2.44. The predicted molar refractivity (Wildman–Crippen MR) is 103 cm³/mol. The van der Waals surface area contributed by atoms with Gasteiger partial charge in [0, 0.05) is 11.8 Å². The molecule has 8 atom stereocenters. The molecule has 2 rings (SSSR count). The molecule has 10 nitrogen and oxygen atoms in total. The molecule has 1 aliphatic heterocycles. The van der Waals surface area contributed by atoms with Crippen molar-refractivity contribution in [3.05, 3.63) is 23.2 Å². The molecular formula is C20H32O10. The van der Waals surface area contributed by atoms with Crippen LogP contribution in [-0.4, -0.2) is 95.6 Å². The Bertz CT molecular complexity index is 658. The zero-order valence-corrected chi connectivity index (χ0v) is 17.6. The second-order valence-corrected chi connectivity index (χ2v) is 7.66. The van der Waals surface area contributed by atoms with Crippen LogP contribution in [0.1, 0.15) is 20.3 Å². The van der Waals surface area contributed by atoms with E-state index in [1.165, 1.54) is 14.2 Å². The molecule has 2 aliphatic rings. The molecule has 0 saturated carbocycles. The minimum absolute atomic E-state index is 0.0282. The van der Waals surface area contributed by atoms with Gasteiger partial charge >= 0.3 is 0 Å². The van der Waals surface area contributed by atoms with Crippen LogP contribution in [-0.2, 0) is 23.7 Å². The Kier molecular flexibility index (Phi) is 8.80. The van der Waals surface area contributed by atoms with Crippen LogP contribution in [0, 0.1) is 11.8 Å². The molecule has 0 amide bonds. The number of rotatable bonds is 8. The van der Waals surface area contributed by atoms with Crippen molar-refractivity contribution in [2.75, 3.05) is 27.4 Å². The summed E-state index contributed by atoms with van der Waals surface area (Å²) in [6.07, 6.45) is -5.55. The van der Waals surface area contributed by atoms with Crippen molar-refractivity contribution in [2.24, 2.45) is 11.8 Å². The van der Waals surface area contributed by atoms with Gasteiger partial charge in [0.15, 0.2) is 12.0 Å². The number of hydrogen-bond donors (Lipinski definition) is 5. The monoisotopic (exact) mass is 432 g/mol. The number of ether oxygens (including phenoxy) is 4. The number of allylic oxidation sites excluding steroid dienone is 2. The normalized spacial score (nSPS) is 38.0. The van der Waals surface area contributed by atoms with Gasteiger partial charge in [-0.25, -0.2) is 0 Å². The zero-order chi connectivity index (χ0) is 22.6. The Morgan fingerprint density at radius 1 is 1.10 bits per heavy atom. The summed E-state index contributed by atoms with van der Waals surface area (Å²) in [7, 11) is 2.72. The van der Waals surface area contributed by atoms with Crippen LogP contribution in [0.4, 0.5) is 0 Å². The second kappa shape index (κ2) is 10.7. The Balaban J connectivity index is 2.00. The fourth-order valence-corrected chi connectivity index (χ4v) is 3.69. The standard InChI is InChI=1S/C20H32O10/c1-9(8-29-20-17(26)16(25)15(24)12(7-21)30-20)5-6-11-10(2)13(22)18(27-3)19(28-4)14(11)23/h5,10-12,14-17,20-21,23-26H,6-8H2,1-4H3. The summed E-state index contributed by atoms with van der Waals surface area (Å²) < 4.78 is 21.0. The van der Waals surface area contributed by atoms with Crippen LogP contribution in [0.3, 0.4) is 0 Å². The molecule has 1 aliphatic carbocycles. The van der Waals surface area contributed by atoms with Crippen molar-refractivity contribution in [2.45, 2.75) is 57.1 Å². The largest absolute Gasteiger partial charge is 0.494 e. The number of Topliss-reactive ketones (excluding diaryl/α,β-unsaturated/α-hetero) is 1. The van der Waals surface area contributed by atoms with Gasteiger partial charge in [0.1, 0.15) is 30.5 Å². The zero-order valence-electron chi connectivity index (χ0n) is 17.6. The summed E-state index contributed by atoms with van der Waals surface area (Å²) in [5.41, 5.74) is 0.735. The summed E-state index contributed by atoms with van der Waals surface area (Å²) in [5.74, 6) is -1.01. The molecule has 0 aromatic carbocycles. The van der Waals surface area contributed by atoms with Crippen LogP contribution >= 0.6 is 0 Å². The van der Waals surface area contributed by atoms with Gasteiger partial charge in [-0.3, -0.25) is 4.79 Å². The third-order valence-electron chi connectivity index (χ3n) is 5.66. The second-order valence-electron chi connectivity index (χ2n) is 7.66. The quantitative estimate of drug-likeness (QED) is 0.297. The van der Waals surface area contributed by atoms with Gasteiger partial charge in [0.25, 0.3) is 0 Å². The van der Waals surface area contributed by atoms with E-state index in [2.05, 4.69) is 0 Å². The molecule has 10 heteroatoms. The van der Waals surface area contributed by atoms with Crippen molar-refractivity contribution in [1.82, 2.24) is 0 Å². The minimum atomic E-state index is -1.51. The van der Waals surface area contributed by atoms with Gasteiger partial charge in [-0.15, -0.1) is 0 Å². The molecule has 0 radical (unpaired) electrons. The van der Waals surface area contributed by atoms with Crippen LogP contribution < -0.4 is 0 Å². The summed E-state index contributed by atoms with van der Waals surface area (Å²) in [4.78, 5) is 12.5. The lowest BCUT2D eigenvalue weighted by atomic mass is 9.77. The fourth-order valence-electron chi connectivity index (χ4n) is 3.69. The van der Waals surface area contributed by atoms with Gasteiger partial charge in [-0.05, 0) is 13.3 Å². The van der Waals surface area contributed by atoms with E-state index < -0.39 is 55.3 Å². The topological polar surface area (TPSA) is 155 Å². The number of hydrogen-bond acceptors (Lipinski definition) is 10. The van der Waals surface area contributed by atoms with E-state index in [4.69, 9.17) is 18.9 Å². The molecule has 0 aromatic rings. The number of carbonyl (C=O) groups excluding carboxylic acids is 1. The van der Waals surface area contributed by atoms with Crippen molar-refractivity contribution < 1.29 is 49.3 Å². The minimum Gasteiger partial charge on any atom is -0.494 e. The van der Waals surface area contributed by atoms with Crippen LogP contribution in [0.15, 0.2) is 23.2 Å². The van der Waals surface area contributed by atoms with E-state index in [-0.39, 0.29) is 23.9 Å². The maximum atomic E-state index is 12.5. The SMILES string of the molecule is COC1=C(OC)C(O)C(CC=C(C)COC2OC(CO)C(O)C(O)C2O)C(C)C1=O. The number of carbonyl (C=O) groups is 1. The first-order valence-electron chi connectivity index (χ1n) is 9.80. The average molecular weight is 432 g/mol. The van der Waals surface area contributed by atoms with Crippen molar-refractivity contribution in [3.63, 3.8) is 0 Å². The summed E-state index contributed by atoms with van der Waals surface area (Å²) >= 11 is 0. The van der Waals surface area contributed by atoms with E-state index in [1.807, 2.05) is 0 Å². The van der Waals surface area contributed by atoms with Crippen molar-refractivity contribution in [1.29, 1.82) is 0 Å². The van der Waals surface area contributed by atoms with Gasteiger partial charge in [-0.1, -0.05) is 18.6 Å². The molecule has 0 bridgehead atoms. The highest BCUT2D eigenvalue weighted by Crippen LogP contribution is 2.35. The summed E-state index contributed by atoms with van der Waals surface area (Å²) in [6.45, 7) is 2.97. The third kappa shape index (κ3) is 5.02. The van der Waals surface area contributed by atoms with E-state index in [1.54, 1.807) is 19.9 Å². The Morgan fingerprint density at radius 3 is 2.33 bits per heavy atom. The van der Waals surface area contributed by atoms with Gasteiger partial charge in [0.2, 0.25) is 11.5 Å². The maximum Gasteiger partial charge on any atom is 0.204 e. The highest BCUT2D eigenvalue weighted by atomic mass is 16.7. The smallest absolute Gasteiger partial charge is 0.204 e. The lowest BCUT2D eigenvalue weighted by Crippen LogP contribution is -2.59. The molecular weight excluding hydrogens is 400 g/mol. The Hall–Kier alpha value is -1.53. The lowest BCUT2D eigenvalue weighted by molar-refractivity contribution is -0.299. The number of aliphatic hydroxyl groups is 5. The first-order valence-corrected chi connectivity index (χ1v) is 9.80. The number of methoxy groups -OCH3 is 2. The van der Waals surface area contributed by atoms with Crippen molar-refractivity contribution in [3.8, 4) is 0 Å². The fraction of sp³-hybridized carbons (Fsp3) is 0.750. The highest BCUT2D eigenvalue weighted by molar-refractivity contribution is 5.97.